The molecule has 0 spiro atoms. The molecule has 1 heterocycles. The number of benzene rings is 1. The molecule has 0 saturated heterocycles. The number of aromatic nitrogens is 1. The van der Waals surface area contributed by atoms with E-state index in [-0.39, 0.29) is 5.91 Å². The topological polar surface area (TPSA) is 77.8 Å². The fourth-order valence-electron chi connectivity index (χ4n) is 1.95. The molecule has 0 aliphatic heterocycles. The van der Waals surface area contributed by atoms with Crippen LogP contribution in [0.3, 0.4) is 0 Å². The molecule has 0 aliphatic rings. The number of carbonyl (C=O) groups excluding carboxylic acids is 1. The predicted octanol–water partition coefficient (Wildman–Crippen LogP) is 2.32. The molecule has 2 aromatic rings. The van der Waals surface area contributed by atoms with Gasteiger partial charge < -0.3 is 10.6 Å². The van der Waals surface area contributed by atoms with E-state index in [0.717, 1.165) is 17.8 Å². The van der Waals surface area contributed by atoms with Gasteiger partial charge in [-0.25, -0.2) is 0 Å². The fourth-order valence-corrected chi connectivity index (χ4v) is 1.95. The number of carbonyl (C=O) groups is 1. The number of hydrogen-bond donors (Lipinski definition) is 2. The molecular formula is C16H16N4O. The number of amides is 1. The van der Waals surface area contributed by atoms with E-state index in [0.29, 0.717) is 17.7 Å². The van der Waals surface area contributed by atoms with Gasteiger partial charge in [-0.15, -0.1) is 0 Å². The molecule has 5 heteroatoms. The summed E-state index contributed by atoms with van der Waals surface area (Å²) in [7, 11) is 0. The maximum absolute atomic E-state index is 12.2. The van der Waals surface area contributed by atoms with Crippen molar-refractivity contribution in [2.24, 2.45) is 0 Å². The van der Waals surface area contributed by atoms with Crippen molar-refractivity contribution in [3.8, 4) is 6.07 Å². The van der Waals surface area contributed by atoms with Crippen molar-refractivity contribution in [2.75, 3.05) is 11.9 Å². The van der Waals surface area contributed by atoms with Crippen molar-refractivity contribution in [3.05, 3.63) is 59.4 Å². The molecule has 2 rings (SSSR count). The molecule has 0 aliphatic carbocycles. The molecule has 1 amide bonds. The number of hydrogen-bond acceptors (Lipinski definition) is 4. The van der Waals surface area contributed by atoms with Gasteiger partial charge in [-0.05, 0) is 30.7 Å². The molecule has 0 bridgehead atoms. The van der Waals surface area contributed by atoms with E-state index in [2.05, 4.69) is 21.7 Å². The number of nitrogens with zero attached hydrogens (tertiary/aromatic N) is 2. The third-order valence-corrected chi connectivity index (χ3v) is 2.94. The minimum atomic E-state index is -0.193. The highest BCUT2D eigenvalue weighted by atomic mass is 16.1. The Labute approximate surface area is 123 Å². The first-order chi connectivity index (χ1) is 10.2. The van der Waals surface area contributed by atoms with Crippen LogP contribution in [-0.4, -0.2) is 17.4 Å². The van der Waals surface area contributed by atoms with E-state index in [1.807, 2.05) is 13.0 Å². The fraction of sp³-hybridized carbons (Fsp3) is 0.188. The first-order valence-electron chi connectivity index (χ1n) is 6.69. The van der Waals surface area contributed by atoms with Gasteiger partial charge in [0.1, 0.15) is 0 Å². The zero-order valence-corrected chi connectivity index (χ0v) is 11.8. The van der Waals surface area contributed by atoms with Crippen LogP contribution in [0.25, 0.3) is 0 Å². The predicted molar refractivity (Wildman–Crippen MR) is 80.7 cm³/mol. The summed E-state index contributed by atoms with van der Waals surface area (Å²) < 4.78 is 0. The molecule has 0 fully saturated rings. The van der Waals surface area contributed by atoms with Crippen LogP contribution in [0.15, 0.2) is 42.7 Å². The van der Waals surface area contributed by atoms with Crippen LogP contribution in [0.4, 0.5) is 5.69 Å². The van der Waals surface area contributed by atoms with E-state index >= 15 is 0 Å². The lowest BCUT2D eigenvalue weighted by Crippen LogP contribution is -2.24. The first-order valence-corrected chi connectivity index (χ1v) is 6.69. The van der Waals surface area contributed by atoms with E-state index < -0.39 is 0 Å². The molecule has 0 unspecified atom stereocenters. The normalized spacial score (nSPS) is 9.71. The summed E-state index contributed by atoms with van der Waals surface area (Å²) in [4.78, 5) is 16.2. The molecular weight excluding hydrogens is 264 g/mol. The molecule has 1 aromatic carbocycles. The Morgan fingerprint density at radius 1 is 1.38 bits per heavy atom. The summed E-state index contributed by atoms with van der Waals surface area (Å²) in [5.41, 5.74) is 2.74. The standard InChI is InChI=1S/C16H16N4O/c1-2-19-15-6-7-18-11-14(15)16(21)20-10-13-5-3-4-12(8-13)9-17/h3-8,11H,2,10H2,1H3,(H,18,19)(H,20,21). The minimum absolute atomic E-state index is 0.193. The van der Waals surface area contributed by atoms with Gasteiger partial charge in [-0.1, -0.05) is 12.1 Å². The Hall–Kier alpha value is -2.87. The molecule has 2 N–H and O–H groups in total. The largest absolute Gasteiger partial charge is 0.385 e. The number of nitrogens with one attached hydrogen (secondary N) is 2. The van der Waals surface area contributed by atoms with E-state index in [4.69, 9.17) is 5.26 Å². The van der Waals surface area contributed by atoms with Gasteiger partial charge in [-0.3, -0.25) is 9.78 Å². The minimum Gasteiger partial charge on any atom is -0.385 e. The van der Waals surface area contributed by atoms with Gasteiger partial charge in [0, 0.05) is 25.5 Å². The lowest BCUT2D eigenvalue weighted by Gasteiger charge is -2.10. The molecule has 0 radical (unpaired) electrons. The van der Waals surface area contributed by atoms with Gasteiger partial charge >= 0.3 is 0 Å². The Kier molecular flexibility index (Phi) is 4.89. The van der Waals surface area contributed by atoms with Crippen LogP contribution >= 0.6 is 0 Å². The summed E-state index contributed by atoms with van der Waals surface area (Å²) in [5, 5.41) is 14.8. The van der Waals surface area contributed by atoms with Crippen LogP contribution in [0.2, 0.25) is 0 Å². The van der Waals surface area contributed by atoms with Crippen molar-refractivity contribution in [1.82, 2.24) is 10.3 Å². The Morgan fingerprint density at radius 3 is 3.00 bits per heavy atom. The maximum atomic E-state index is 12.2. The Balaban J connectivity index is 2.06. The van der Waals surface area contributed by atoms with Gasteiger partial charge in [0.15, 0.2) is 0 Å². The second kappa shape index (κ2) is 7.06. The second-order valence-electron chi connectivity index (χ2n) is 4.45. The van der Waals surface area contributed by atoms with Gasteiger partial charge in [0.05, 0.1) is 22.9 Å². The molecule has 106 valence electrons. The third-order valence-electron chi connectivity index (χ3n) is 2.94. The van der Waals surface area contributed by atoms with Crippen molar-refractivity contribution < 1.29 is 4.79 Å². The van der Waals surface area contributed by atoms with Crippen LogP contribution in [0.1, 0.15) is 28.4 Å². The summed E-state index contributed by atoms with van der Waals surface area (Å²) in [6.07, 6.45) is 3.18. The Bertz CT molecular complexity index is 676. The van der Waals surface area contributed by atoms with E-state index in [1.54, 1.807) is 36.7 Å². The van der Waals surface area contributed by atoms with Crippen molar-refractivity contribution in [2.45, 2.75) is 13.5 Å². The SMILES string of the molecule is CCNc1ccncc1C(=O)NCc1cccc(C#N)c1. The van der Waals surface area contributed by atoms with Crippen LogP contribution in [0.5, 0.6) is 0 Å². The van der Waals surface area contributed by atoms with E-state index in [1.165, 1.54) is 0 Å². The number of anilines is 1. The number of rotatable bonds is 5. The molecule has 0 atom stereocenters. The lowest BCUT2D eigenvalue weighted by molar-refractivity contribution is 0.0951. The lowest BCUT2D eigenvalue weighted by atomic mass is 10.1. The van der Waals surface area contributed by atoms with Crippen LogP contribution in [-0.2, 0) is 6.54 Å². The second-order valence-corrected chi connectivity index (χ2v) is 4.45. The van der Waals surface area contributed by atoms with Gasteiger partial charge in [0.2, 0.25) is 0 Å². The monoisotopic (exact) mass is 280 g/mol. The average molecular weight is 280 g/mol. The smallest absolute Gasteiger partial charge is 0.255 e. The zero-order valence-electron chi connectivity index (χ0n) is 11.8. The van der Waals surface area contributed by atoms with Crippen molar-refractivity contribution >= 4 is 11.6 Å². The van der Waals surface area contributed by atoms with Crippen molar-refractivity contribution in [3.63, 3.8) is 0 Å². The highest BCUT2D eigenvalue weighted by Gasteiger charge is 2.10. The van der Waals surface area contributed by atoms with Gasteiger partial charge in [0.25, 0.3) is 5.91 Å². The molecule has 5 nitrogen and oxygen atoms in total. The summed E-state index contributed by atoms with van der Waals surface area (Å²) in [6.45, 7) is 3.07. The highest BCUT2D eigenvalue weighted by molar-refractivity contribution is 5.99. The summed E-state index contributed by atoms with van der Waals surface area (Å²) in [5.74, 6) is -0.193. The van der Waals surface area contributed by atoms with Gasteiger partial charge in [-0.2, -0.15) is 5.26 Å². The molecule has 0 saturated carbocycles. The molecule has 1 aromatic heterocycles. The Morgan fingerprint density at radius 2 is 2.24 bits per heavy atom. The summed E-state index contributed by atoms with van der Waals surface area (Å²) in [6, 6.07) is 11.0. The average Bonchev–Trinajstić information content (AvgIpc) is 2.53. The first kappa shape index (κ1) is 14.5. The third kappa shape index (κ3) is 3.80. The van der Waals surface area contributed by atoms with Crippen LogP contribution in [0, 0.1) is 11.3 Å². The maximum Gasteiger partial charge on any atom is 0.255 e. The number of pyridine rings is 1. The van der Waals surface area contributed by atoms with Crippen molar-refractivity contribution in [1.29, 1.82) is 5.26 Å². The number of nitriles is 1. The quantitative estimate of drug-likeness (QED) is 0.881. The van der Waals surface area contributed by atoms with Crippen LogP contribution < -0.4 is 10.6 Å². The molecule has 21 heavy (non-hydrogen) atoms. The summed E-state index contributed by atoms with van der Waals surface area (Å²) >= 11 is 0. The highest BCUT2D eigenvalue weighted by Crippen LogP contribution is 2.13. The zero-order chi connectivity index (χ0) is 15.1. The van der Waals surface area contributed by atoms with E-state index in [9.17, 15) is 4.79 Å².